The molecule has 290 valence electrons. The van der Waals surface area contributed by atoms with Gasteiger partial charge in [0.15, 0.2) is 6.10 Å². The molecule has 0 fully saturated rings. The van der Waals surface area contributed by atoms with Crippen LogP contribution >= 0.6 is 7.82 Å². The molecule has 0 aromatic rings. The zero-order valence-electron chi connectivity index (χ0n) is 30.8. The molecule has 0 rings (SSSR count). The lowest BCUT2D eigenvalue weighted by Crippen LogP contribution is -2.29. The van der Waals surface area contributed by atoms with E-state index in [0.29, 0.717) is 6.42 Å². The van der Waals surface area contributed by atoms with Gasteiger partial charge < -0.3 is 34.6 Å². The number of aliphatic hydroxyl groups is 3. The average Bonchev–Trinajstić information content (AvgIpc) is 3.05. The summed E-state index contributed by atoms with van der Waals surface area (Å²) < 4.78 is 26.1. The summed E-state index contributed by atoms with van der Waals surface area (Å²) >= 11 is 0. The maximum atomic E-state index is 12.3. The van der Waals surface area contributed by atoms with Gasteiger partial charge in [-0.15, -0.1) is 0 Å². The Labute approximate surface area is 301 Å². The number of aliphatic hydroxyl groups excluding tert-OH is 3. The molecule has 0 aliphatic heterocycles. The van der Waals surface area contributed by atoms with Crippen LogP contribution in [0.3, 0.4) is 0 Å². The van der Waals surface area contributed by atoms with Crippen LogP contribution in [0.2, 0.25) is 0 Å². The minimum absolute atomic E-state index is 0.0863. The molecule has 0 aliphatic carbocycles. The molecule has 0 radical (unpaired) electrons. The third-order valence-corrected chi connectivity index (χ3v) is 8.38. The van der Waals surface area contributed by atoms with Gasteiger partial charge in [-0.05, 0) is 31.6 Å². The van der Waals surface area contributed by atoms with E-state index >= 15 is 0 Å². The van der Waals surface area contributed by atoms with E-state index in [2.05, 4.69) is 25.3 Å². The van der Waals surface area contributed by atoms with Gasteiger partial charge in [0.2, 0.25) is 0 Å². The molecule has 4 atom stereocenters. The Hall–Kier alpha value is -2.11. The van der Waals surface area contributed by atoms with Gasteiger partial charge in [0.05, 0.1) is 24.9 Å². The number of unbranched alkanes of at least 4 members (excludes halogenated alkanes) is 10. The standard InChI is InChI=1S/C38H67O11P/c1-4-5-17-24-33(39)25-19-14-11-12-15-20-26-35(40)36(41)27-22-29-37(42)47-30-34(31-48-50(44,45)46)49-38(43)28-21-16-10-8-6-7-9-13-18-23-32(2)3/h11-12,14-15,19-20,25-26,32-36,39-41H,4-10,13,16-18,21-24,27-31H2,1-3H3,(H2,44,45,46)/b14-11-,15-12+,25-19+,26-20+/t33-,34-,35-,36-/m1/s1. The van der Waals surface area contributed by atoms with Crippen molar-refractivity contribution in [1.29, 1.82) is 0 Å². The summed E-state index contributed by atoms with van der Waals surface area (Å²) in [5.74, 6) is -0.459. The minimum atomic E-state index is -4.83. The number of hydrogen-bond acceptors (Lipinski definition) is 9. The fourth-order valence-corrected chi connectivity index (χ4v) is 5.30. The molecule has 0 spiro atoms. The van der Waals surface area contributed by atoms with E-state index in [1.807, 2.05) is 0 Å². The molecule has 11 nitrogen and oxygen atoms in total. The minimum Gasteiger partial charge on any atom is -0.462 e. The summed E-state index contributed by atoms with van der Waals surface area (Å²) in [5.41, 5.74) is 0. The lowest BCUT2D eigenvalue weighted by atomic mass is 10.0. The molecule has 0 aromatic heterocycles. The summed E-state index contributed by atoms with van der Waals surface area (Å²) in [7, 11) is -4.83. The second kappa shape index (κ2) is 31.6. The Morgan fingerprint density at radius 2 is 1.18 bits per heavy atom. The number of ether oxygens (including phenoxy) is 2. The summed E-state index contributed by atoms with van der Waals surface area (Å²) in [4.78, 5) is 42.7. The van der Waals surface area contributed by atoms with E-state index in [0.717, 1.165) is 50.9 Å². The molecule has 0 saturated heterocycles. The summed E-state index contributed by atoms with van der Waals surface area (Å²) in [5, 5.41) is 30.2. The lowest BCUT2D eigenvalue weighted by molar-refractivity contribution is -0.161. The van der Waals surface area contributed by atoms with Crippen LogP contribution in [0.4, 0.5) is 0 Å². The molecular weight excluding hydrogens is 663 g/mol. The Morgan fingerprint density at radius 1 is 0.640 bits per heavy atom. The van der Waals surface area contributed by atoms with Gasteiger partial charge in [-0.2, -0.15) is 0 Å². The van der Waals surface area contributed by atoms with Crippen molar-refractivity contribution >= 4 is 19.8 Å². The number of esters is 2. The maximum Gasteiger partial charge on any atom is 0.469 e. The van der Waals surface area contributed by atoms with Crippen molar-refractivity contribution < 1.29 is 53.3 Å². The quantitative estimate of drug-likeness (QED) is 0.0200. The highest BCUT2D eigenvalue weighted by Crippen LogP contribution is 2.36. The van der Waals surface area contributed by atoms with E-state index in [9.17, 15) is 29.5 Å². The monoisotopic (exact) mass is 730 g/mol. The average molecular weight is 731 g/mol. The first kappa shape index (κ1) is 47.9. The number of hydrogen-bond donors (Lipinski definition) is 5. The SMILES string of the molecule is CCCCC[C@@H](O)/C=C/C=C\C=C\C=C\[C@@H](O)[C@H](O)CCCC(=O)OC[C@H](COP(=O)(O)O)OC(=O)CCCCCCCCCCCC(C)C. The first-order chi connectivity index (χ1) is 23.8. The first-order valence-corrected chi connectivity index (χ1v) is 20.1. The lowest BCUT2D eigenvalue weighted by Gasteiger charge is -2.18. The largest absolute Gasteiger partial charge is 0.469 e. The van der Waals surface area contributed by atoms with Gasteiger partial charge in [-0.1, -0.05) is 146 Å². The normalized spacial score (nSPS) is 15.1. The third kappa shape index (κ3) is 33.1. The number of carbonyl (C=O) groups excluding carboxylic acids is 2. The summed E-state index contributed by atoms with van der Waals surface area (Å²) in [6.45, 7) is 5.53. The van der Waals surface area contributed by atoms with Gasteiger partial charge in [-0.3, -0.25) is 14.1 Å². The Balaban J connectivity index is 4.35. The zero-order valence-corrected chi connectivity index (χ0v) is 31.7. The number of phosphoric acid groups is 1. The Bertz CT molecular complexity index is 1020. The van der Waals surface area contributed by atoms with Crippen molar-refractivity contribution in [2.75, 3.05) is 13.2 Å². The molecule has 0 saturated carbocycles. The van der Waals surface area contributed by atoms with E-state index in [4.69, 9.17) is 19.3 Å². The molecule has 0 aromatic carbocycles. The van der Waals surface area contributed by atoms with E-state index < -0.39 is 57.4 Å². The van der Waals surface area contributed by atoms with Crippen LogP contribution in [0.5, 0.6) is 0 Å². The van der Waals surface area contributed by atoms with E-state index in [1.165, 1.54) is 44.6 Å². The molecule has 5 N–H and O–H groups in total. The van der Waals surface area contributed by atoms with Crippen LogP contribution < -0.4 is 0 Å². The van der Waals surface area contributed by atoms with Gasteiger partial charge in [0.1, 0.15) is 6.61 Å². The van der Waals surface area contributed by atoms with Crippen molar-refractivity contribution in [3.8, 4) is 0 Å². The zero-order chi connectivity index (χ0) is 37.5. The predicted octanol–water partition coefficient (Wildman–Crippen LogP) is 7.56. The van der Waals surface area contributed by atoms with Crippen LogP contribution in [0.1, 0.15) is 136 Å². The maximum absolute atomic E-state index is 12.3. The highest BCUT2D eigenvalue weighted by Gasteiger charge is 2.23. The van der Waals surface area contributed by atoms with Gasteiger partial charge in [0.25, 0.3) is 0 Å². The summed E-state index contributed by atoms with van der Waals surface area (Å²) in [6, 6.07) is 0. The van der Waals surface area contributed by atoms with Gasteiger partial charge in [0, 0.05) is 12.8 Å². The fourth-order valence-electron chi connectivity index (χ4n) is 4.94. The molecule has 0 amide bonds. The molecule has 0 bridgehead atoms. The van der Waals surface area contributed by atoms with Crippen molar-refractivity contribution in [3.05, 3.63) is 48.6 Å². The Kier molecular flexibility index (Phi) is 30.3. The molecule has 12 heteroatoms. The second-order valence-electron chi connectivity index (χ2n) is 13.2. The van der Waals surface area contributed by atoms with Crippen molar-refractivity contribution in [3.63, 3.8) is 0 Å². The second-order valence-corrected chi connectivity index (χ2v) is 14.5. The first-order valence-electron chi connectivity index (χ1n) is 18.6. The predicted molar refractivity (Wildman–Crippen MR) is 197 cm³/mol. The van der Waals surface area contributed by atoms with Crippen LogP contribution in [0, 0.1) is 5.92 Å². The highest BCUT2D eigenvalue weighted by molar-refractivity contribution is 7.46. The highest BCUT2D eigenvalue weighted by atomic mass is 31.2. The van der Waals surface area contributed by atoms with Gasteiger partial charge >= 0.3 is 19.8 Å². The fraction of sp³-hybridized carbons (Fsp3) is 0.737. The number of allylic oxidation sites excluding steroid dienone is 6. The molecule has 0 unspecified atom stereocenters. The van der Waals surface area contributed by atoms with Crippen LogP contribution in [0.15, 0.2) is 48.6 Å². The topological polar surface area (TPSA) is 180 Å². The summed E-state index contributed by atoms with van der Waals surface area (Å²) in [6.07, 6.45) is 25.1. The third-order valence-electron chi connectivity index (χ3n) is 7.89. The molecule has 50 heavy (non-hydrogen) atoms. The van der Waals surface area contributed by atoms with Gasteiger partial charge in [-0.25, -0.2) is 4.57 Å². The van der Waals surface area contributed by atoms with E-state index in [-0.39, 0.29) is 25.7 Å². The van der Waals surface area contributed by atoms with Crippen molar-refractivity contribution in [2.24, 2.45) is 5.92 Å². The number of carbonyl (C=O) groups is 2. The van der Waals surface area contributed by atoms with Crippen molar-refractivity contribution in [2.45, 2.75) is 161 Å². The number of rotatable bonds is 32. The Morgan fingerprint density at radius 3 is 1.78 bits per heavy atom. The molecular formula is C38H67O11P. The molecule has 0 heterocycles. The number of phosphoric ester groups is 1. The smallest absolute Gasteiger partial charge is 0.462 e. The van der Waals surface area contributed by atoms with Crippen LogP contribution in [0.25, 0.3) is 0 Å². The van der Waals surface area contributed by atoms with Crippen molar-refractivity contribution in [1.82, 2.24) is 0 Å². The van der Waals surface area contributed by atoms with Crippen LogP contribution in [-0.4, -0.2) is 74.7 Å². The van der Waals surface area contributed by atoms with Crippen LogP contribution in [-0.2, 0) is 28.2 Å². The van der Waals surface area contributed by atoms with E-state index in [1.54, 1.807) is 42.5 Å². The molecule has 0 aliphatic rings.